The molecule has 2 aromatic carbocycles. The van der Waals surface area contributed by atoms with Crippen LogP contribution >= 0.6 is 0 Å². The van der Waals surface area contributed by atoms with E-state index in [1.54, 1.807) is 0 Å². The van der Waals surface area contributed by atoms with Crippen molar-refractivity contribution in [1.82, 2.24) is 0 Å². The summed E-state index contributed by atoms with van der Waals surface area (Å²) in [5.74, 6) is -29.7. The zero-order valence-corrected chi connectivity index (χ0v) is 12.0. The molecule has 0 unspecified atom stereocenters. The minimum absolute atomic E-state index is 2.85. The molecule has 13 heteroatoms. The van der Waals surface area contributed by atoms with E-state index in [-0.39, 0.29) is 0 Å². The zero-order valence-electron chi connectivity index (χ0n) is 11.0. The summed E-state index contributed by atoms with van der Waals surface area (Å²) in [6.07, 6.45) is 0. The van der Waals surface area contributed by atoms with Crippen LogP contribution in [0.5, 0.6) is 0 Å². The maximum absolute atomic E-state index is 14.2. The molecule has 0 aliphatic rings. The fourth-order valence-electron chi connectivity index (χ4n) is 1.89. The molecule has 0 spiro atoms. The van der Waals surface area contributed by atoms with E-state index in [0.29, 0.717) is 0 Å². The van der Waals surface area contributed by atoms with Gasteiger partial charge in [-0.2, -0.15) is 0 Å². The van der Waals surface area contributed by atoms with Crippen LogP contribution in [0.4, 0.5) is 52.1 Å². The quantitative estimate of drug-likeness (QED) is 0.238. The molecule has 25 heavy (non-hydrogen) atoms. The second kappa shape index (κ2) is 5.96. The fraction of sp³-hybridized carbons (Fsp3) is 0. The van der Waals surface area contributed by atoms with Gasteiger partial charge in [-0.3, -0.25) is 8.22 Å². The molecular weight excluding hydrogens is 400 g/mol. The number of rotatable bonds is 2. The molecule has 2 aromatic rings. The van der Waals surface area contributed by atoms with Gasteiger partial charge in [0.15, 0.2) is 46.5 Å². The third kappa shape index (κ3) is 2.56. The minimum atomic E-state index is -7.60. The molecule has 0 aliphatic carbocycles. The Morgan fingerprint density at radius 2 is 0.480 bits per heavy atom. The van der Waals surface area contributed by atoms with E-state index < -0.39 is 77.3 Å². The number of hydrogen-bond acceptors (Lipinski definition) is 0. The molecule has 0 aromatic heterocycles. The SMILES string of the molecule is Fc1c(F)c(F)c([Si](F)(F)c2c(F)c(F)c(F)c(F)c2F)c(F)c1F. The van der Waals surface area contributed by atoms with Gasteiger partial charge in [-0.25, -0.2) is 43.9 Å². The lowest BCUT2D eigenvalue weighted by molar-refractivity contribution is 0.377. The summed E-state index contributed by atoms with van der Waals surface area (Å²) in [6.45, 7) is 0. The van der Waals surface area contributed by atoms with E-state index in [1.807, 2.05) is 0 Å². The highest BCUT2D eigenvalue weighted by Gasteiger charge is 2.54. The highest BCUT2D eigenvalue weighted by Crippen LogP contribution is 2.25. The van der Waals surface area contributed by atoms with E-state index in [4.69, 9.17) is 0 Å². The van der Waals surface area contributed by atoms with Crippen molar-refractivity contribution in [1.29, 1.82) is 0 Å². The van der Waals surface area contributed by atoms with Crippen LogP contribution < -0.4 is 10.4 Å². The highest BCUT2D eigenvalue weighted by atomic mass is 28.4. The van der Waals surface area contributed by atoms with Gasteiger partial charge in [-0.1, -0.05) is 0 Å². The van der Waals surface area contributed by atoms with Gasteiger partial charge >= 0.3 is 8.74 Å². The van der Waals surface area contributed by atoms with Gasteiger partial charge in [0.25, 0.3) is 0 Å². The Morgan fingerprint density at radius 1 is 0.320 bits per heavy atom. The van der Waals surface area contributed by atoms with E-state index in [2.05, 4.69) is 0 Å². The smallest absolute Gasteiger partial charge is 0.259 e. The molecule has 0 heterocycles. The summed E-state index contributed by atoms with van der Waals surface area (Å²) < 4.78 is 160. The van der Waals surface area contributed by atoms with E-state index in [0.717, 1.165) is 0 Å². The largest absolute Gasteiger partial charge is 0.499 e. The Labute approximate surface area is 130 Å². The average molecular weight is 400 g/mol. The van der Waals surface area contributed by atoms with Crippen LogP contribution in [0.2, 0.25) is 0 Å². The molecule has 0 bridgehead atoms. The van der Waals surface area contributed by atoms with Crippen molar-refractivity contribution in [2.45, 2.75) is 0 Å². The average Bonchev–Trinajstić information content (AvgIpc) is 2.54. The van der Waals surface area contributed by atoms with Crippen LogP contribution in [0, 0.1) is 58.2 Å². The minimum Gasteiger partial charge on any atom is -0.259 e. The number of hydrogen-bond donors (Lipinski definition) is 0. The maximum atomic E-state index is 14.2. The van der Waals surface area contributed by atoms with Crippen LogP contribution in [0.3, 0.4) is 0 Å². The lowest BCUT2D eigenvalue weighted by Gasteiger charge is -2.18. The van der Waals surface area contributed by atoms with Crippen LogP contribution in [0.25, 0.3) is 0 Å². The molecule has 0 fully saturated rings. The normalized spacial score (nSPS) is 12.0. The highest BCUT2D eigenvalue weighted by molar-refractivity contribution is 6.91. The van der Waals surface area contributed by atoms with Crippen molar-refractivity contribution >= 4 is 19.1 Å². The molecule has 0 nitrogen and oxygen atoms in total. The molecule has 0 atom stereocenters. The summed E-state index contributed by atoms with van der Waals surface area (Å²) in [7, 11) is -7.60. The van der Waals surface area contributed by atoms with E-state index in [9.17, 15) is 52.1 Å². The Bertz CT molecular complexity index is 761. The molecule has 0 saturated heterocycles. The fourth-order valence-corrected chi connectivity index (χ4v) is 3.68. The first-order valence-corrected chi connectivity index (χ1v) is 7.52. The van der Waals surface area contributed by atoms with Crippen LogP contribution in [-0.4, -0.2) is 8.74 Å². The monoisotopic (exact) mass is 400 g/mol. The zero-order chi connectivity index (χ0) is 19.4. The molecule has 0 amide bonds. The van der Waals surface area contributed by atoms with E-state index in [1.165, 1.54) is 0 Å². The predicted octanol–water partition coefficient (Wildman–Crippen LogP) is 3.57. The molecule has 136 valence electrons. The topological polar surface area (TPSA) is 0 Å². The van der Waals surface area contributed by atoms with Gasteiger partial charge in [0.05, 0.1) is 10.4 Å². The lowest BCUT2D eigenvalue weighted by Crippen LogP contribution is -2.58. The van der Waals surface area contributed by atoms with Gasteiger partial charge in [-0.15, -0.1) is 0 Å². The van der Waals surface area contributed by atoms with Gasteiger partial charge in [0, 0.05) is 0 Å². The first kappa shape index (κ1) is 19.1. The molecule has 0 N–H and O–H groups in total. The molecule has 0 aliphatic heterocycles. The molecular formula is C12F12Si. The van der Waals surface area contributed by atoms with E-state index >= 15 is 0 Å². The Morgan fingerprint density at radius 3 is 0.680 bits per heavy atom. The van der Waals surface area contributed by atoms with Gasteiger partial charge in [-0.05, 0) is 0 Å². The van der Waals surface area contributed by atoms with Crippen molar-refractivity contribution in [3.8, 4) is 0 Å². The first-order chi connectivity index (χ1) is 11.4. The third-order valence-corrected chi connectivity index (χ3v) is 5.18. The summed E-state index contributed by atoms with van der Waals surface area (Å²) in [6, 6.07) is 0. The summed E-state index contributed by atoms with van der Waals surface area (Å²) in [5.41, 5.74) is 0. The molecule has 2 rings (SSSR count). The van der Waals surface area contributed by atoms with Crippen molar-refractivity contribution in [3.63, 3.8) is 0 Å². The van der Waals surface area contributed by atoms with Gasteiger partial charge in [0.1, 0.15) is 0 Å². The summed E-state index contributed by atoms with van der Waals surface area (Å²) >= 11 is 0. The molecule has 0 saturated carbocycles. The standard InChI is InChI=1S/C12F12Si/c13-1-3(15)7(19)11(8(20)4(1)16)25(23,24)12-9(21)5(17)2(14)6(18)10(12)22. The number of benzene rings is 2. The van der Waals surface area contributed by atoms with Gasteiger partial charge < -0.3 is 0 Å². The third-order valence-electron chi connectivity index (χ3n) is 3.05. The Kier molecular flexibility index (Phi) is 4.57. The lowest BCUT2D eigenvalue weighted by atomic mass is 10.3. The summed E-state index contributed by atoms with van der Waals surface area (Å²) in [4.78, 5) is 0. The second-order valence-electron chi connectivity index (χ2n) is 4.46. The van der Waals surface area contributed by atoms with Crippen molar-refractivity contribution in [2.75, 3.05) is 0 Å². The van der Waals surface area contributed by atoms with Crippen molar-refractivity contribution in [2.24, 2.45) is 0 Å². The maximum Gasteiger partial charge on any atom is 0.499 e. The van der Waals surface area contributed by atoms with Crippen LogP contribution in [-0.2, 0) is 0 Å². The molecule has 0 radical (unpaired) electrons. The Balaban J connectivity index is 2.96. The second-order valence-corrected chi connectivity index (χ2v) is 6.61. The van der Waals surface area contributed by atoms with Crippen molar-refractivity contribution < 1.29 is 52.1 Å². The Hall–Kier alpha value is -2.18. The number of halogens is 12. The predicted molar refractivity (Wildman–Crippen MR) is 59.7 cm³/mol. The van der Waals surface area contributed by atoms with Crippen molar-refractivity contribution in [3.05, 3.63) is 58.2 Å². The first-order valence-electron chi connectivity index (χ1n) is 5.77. The van der Waals surface area contributed by atoms with Gasteiger partial charge in [0.2, 0.25) is 11.6 Å². The summed E-state index contributed by atoms with van der Waals surface area (Å²) in [5, 5.41) is -5.88. The van der Waals surface area contributed by atoms with Crippen LogP contribution in [0.15, 0.2) is 0 Å². The van der Waals surface area contributed by atoms with Crippen LogP contribution in [0.1, 0.15) is 0 Å².